The first-order valence-corrected chi connectivity index (χ1v) is 5.88. The van der Waals surface area contributed by atoms with Crippen molar-refractivity contribution in [3.05, 3.63) is 59.7 Å². The van der Waals surface area contributed by atoms with E-state index in [1.165, 1.54) is 6.07 Å². The molecular formula is C15H12F3NO. The minimum atomic E-state index is -4.37. The van der Waals surface area contributed by atoms with Crippen LogP contribution in [0, 0.1) is 0 Å². The van der Waals surface area contributed by atoms with Gasteiger partial charge in [-0.1, -0.05) is 18.2 Å². The predicted molar refractivity (Wildman–Crippen MR) is 71.3 cm³/mol. The smallest absolute Gasteiger partial charge is 0.345 e. The third-order valence-electron chi connectivity index (χ3n) is 2.95. The Kier molecular flexibility index (Phi) is 3.79. The van der Waals surface area contributed by atoms with E-state index in [1.54, 1.807) is 42.3 Å². The van der Waals surface area contributed by atoms with E-state index in [4.69, 9.17) is 0 Å². The van der Waals surface area contributed by atoms with E-state index in [1.807, 2.05) is 0 Å². The Morgan fingerprint density at radius 3 is 2.20 bits per heavy atom. The third kappa shape index (κ3) is 2.99. The van der Waals surface area contributed by atoms with Gasteiger partial charge in [0, 0.05) is 24.0 Å². The number of hydrogen-bond acceptors (Lipinski definition) is 2. The molecule has 20 heavy (non-hydrogen) atoms. The van der Waals surface area contributed by atoms with Gasteiger partial charge in [0.15, 0.2) is 0 Å². The van der Waals surface area contributed by atoms with Crippen molar-refractivity contribution >= 4 is 17.7 Å². The molecule has 0 amide bonds. The molecule has 0 aromatic heterocycles. The van der Waals surface area contributed by atoms with Gasteiger partial charge in [-0.15, -0.1) is 0 Å². The van der Waals surface area contributed by atoms with E-state index in [0.29, 0.717) is 23.2 Å². The number of aldehydes is 1. The summed E-state index contributed by atoms with van der Waals surface area (Å²) in [6.45, 7) is 0. The van der Waals surface area contributed by atoms with Crippen molar-refractivity contribution < 1.29 is 18.0 Å². The second kappa shape index (κ2) is 5.36. The van der Waals surface area contributed by atoms with Crippen LogP contribution in [0.2, 0.25) is 0 Å². The Bertz CT molecular complexity index is 623. The molecule has 0 atom stereocenters. The van der Waals surface area contributed by atoms with Gasteiger partial charge in [0.05, 0.1) is 5.56 Å². The number of alkyl halides is 3. The van der Waals surface area contributed by atoms with Crippen LogP contribution in [0.5, 0.6) is 0 Å². The molecule has 2 rings (SSSR count). The molecule has 2 aromatic carbocycles. The SMILES string of the molecule is CN(c1cccc(C=O)c1)c1cccc(C(F)(F)F)c1. The molecule has 0 aliphatic carbocycles. The molecule has 2 aromatic rings. The molecule has 0 unspecified atom stereocenters. The van der Waals surface area contributed by atoms with E-state index in [0.717, 1.165) is 12.1 Å². The fourth-order valence-electron chi connectivity index (χ4n) is 1.85. The van der Waals surface area contributed by atoms with Crippen LogP contribution in [0.4, 0.5) is 24.5 Å². The highest BCUT2D eigenvalue weighted by molar-refractivity contribution is 5.78. The Labute approximate surface area is 114 Å². The molecule has 0 bridgehead atoms. The number of hydrogen-bond donors (Lipinski definition) is 0. The molecule has 0 aliphatic rings. The van der Waals surface area contributed by atoms with Crippen LogP contribution in [0.15, 0.2) is 48.5 Å². The van der Waals surface area contributed by atoms with E-state index in [9.17, 15) is 18.0 Å². The number of carbonyl (C=O) groups excluding carboxylic acids is 1. The van der Waals surface area contributed by atoms with Crippen LogP contribution in [-0.4, -0.2) is 13.3 Å². The van der Waals surface area contributed by atoms with Gasteiger partial charge in [-0.05, 0) is 30.3 Å². The van der Waals surface area contributed by atoms with E-state index in [2.05, 4.69) is 0 Å². The normalized spacial score (nSPS) is 11.2. The number of halogens is 3. The fraction of sp³-hybridized carbons (Fsp3) is 0.133. The number of anilines is 2. The van der Waals surface area contributed by atoms with Crippen LogP contribution in [0.25, 0.3) is 0 Å². The van der Waals surface area contributed by atoms with Gasteiger partial charge < -0.3 is 4.90 Å². The van der Waals surface area contributed by atoms with Crippen LogP contribution in [0.3, 0.4) is 0 Å². The van der Waals surface area contributed by atoms with Crippen molar-refractivity contribution in [2.45, 2.75) is 6.18 Å². The van der Waals surface area contributed by atoms with Gasteiger partial charge in [-0.25, -0.2) is 0 Å². The molecule has 0 aliphatic heterocycles. The molecule has 0 heterocycles. The van der Waals surface area contributed by atoms with E-state index >= 15 is 0 Å². The van der Waals surface area contributed by atoms with Crippen molar-refractivity contribution in [1.29, 1.82) is 0 Å². The Hall–Kier alpha value is -2.30. The molecule has 5 heteroatoms. The standard InChI is InChI=1S/C15H12F3NO/c1-19(13-6-2-4-11(8-13)10-20)14-7-3-5-12(9-14)15(16,17)18/h2-10H,1H3. The largest absolute Gasteiger partial charge is 0.416 e. The first-order chi connectivity index (χ1) is 9.41. The summed E-state index contributed by atoms with van der Waals surface area (Å²) in [4.78, 5) is 12.3. The quantitative estimate of drug-likeness (QED) is 0.781. The van der Waals surface area contributed by atoms with Gasteiger partial charge in [0.1, 0.15) is 6.29 Å². The van der Waals surface area contributed by atoms with Crippen molar-refractivity contribution in [2.75, 3.05) is 11.9 Å². The van der Waals surface area contributed by atoms with Crippen LogP contribution < -0.4 is 4.90 Å². The molecule has 0 spiro atoms. The zero-order chi connectivity index (χ0) is 14.8. The number of carbonyl (C=O) groups is 1. The number of nitrogens with zero attached hydrogens (tertiary/aromatic N) is 1. The van der Waals surface area contributed by atoms with Crippen molar-refractivity contribution in [2.24, 2.45) is 0 Å². The summed E-state index contributed by atoms with van der Waals surface area (Å²) in [6, 6.07) is 11.7. The molecule has 104 valence electrons. The maximum atomic E-state index is 12.7. The summed E-state index contributed by atoms with van der Waals surface area (Å²) in [5.41, 5.74) is 0.825. The van der Waals surface area contributed by atoms with E-state index < -0.39 is 11.7 Å². The lowest BCUT2D eigenvalue weighted by Gasteiger charge is -2.21. The molecule has 0 N–H and O–H groups in total. The zero-order valence-electron chi connectivity index (χ0n) is 10.7. The monoisotopic (exact) mass is 279 g/mol. The van der Waals surface area contributed by atoms with Gasteiger partial charge >= 0.3 is 6.18 Å². The van der Waals surface area contributed by atoms with Crippen molar-refractivity contribution in [1.82, 2.24) is 0 Å². The highest BCUT2D eigenvalue weighted by atomic mass is 19.4. The van der Waals surface area contributed by atoms with Crippen molar-refractivity contribution in [3.8, 4) is 0 Å². The highest BCUT2D eigenvalue weighted by Gasteiger charge is 2.30. The maximum Gasteiger partial charge on any atom is 0.416 e. The average Bonchev–Trinajstić information content (AvgIpc) is 2.46. The Balaban J connectivity index is 2.37. The van der Waals surface area contributed by atoms with E-state index in [-0.39, 0.29) is 0 Å². The number of benzene rings is 2. The summed E-state index contributed by atoms with van der Waals surface area (Å²) in [6.07, 6.45) is -3.68. The van der Waals surface area contributed by atoms with Gasteiger partial charge in [0.25, 0.3) is 0 Å². The average molecular weight is 279 g/mol. The molecule has 2 nitrogen and oxygen atoms in total. The fourth-order valence-corrected chi connectivity index (χ4v) is 1.85. The molecule has 0 saturated carbocycles. The zero-order valence-corrected chi connectivity index (χ0v) is 10.7. The Morgan fingerprint density at radius 2 is 1.60 bits per heavy atom. The Morgan fingerprint density at radius 1 is 1.00 bits per heavy atom. The highest BCUT2D eigenvalue weighted by Crippen LogP contribution is 2.33. The number of rotatable bonds is 3. The third-order valence-corrected chi connectivity index (χ3v) is 2.95. The predicted octanol–water partition coefficient (Wildman–Crippen LogP) is 4.29. The minimum absolute atomic E-state index is 0.405. The lowest BCUT2D eigenvalue weighted by molar-refractivity contribution is -0.137. The van der Waals surface area contributed by atoms with Gasteiger partial charge in [0.2, 0.25) is 0 Å². The van der Waals surface area contributed by atoms with Gasteiger partial charge in [-0.3, -0.25) is 4.79 Å². The first-order valence-electron chi connectivity index (χ1n) is 5.88. The first kappa shape index (κ1) is 14.1. The summed E-state index contributed by atoms with van der Waals surface area (Å²) >= 11 is 0. The summed E-state index contributed by atoms with van der Waals surface area (Å²) < 4.78 is 38.1. The second-order valence-corrected chi connectivity index (χ2v) is 4.32. The van der Waals surface area contributed by atoms with Crippen LogP contribution in [0.1, 0.15) is 15.9 Å². The van der Waals surface area contributed by atoms with Crippen LogP contribution in [-0.2, 0) is 6.18 Å². The minimum Gasteiger partial charge on any atom is -0.345 e. The summed E-state index contributed by atoms with van der Waals surface area (Å²) in [7, 11) is 1.65. The van der Waals surface area contributed by atoms with Gasteiger partial charge in [-0.2, -0.15) is 13.2 Å². The molecule has 0 radical (unpaired) electrons. The van der Waals surface area contributed by atoms with Crippen molar-refractivity contribution in [3.63, 3.8) is 0 Å². The lowest BCUT2D eigenvalue weighted by Crippen LogP contribution is -2.12. The molecular weight excluding hydrogens is 267 g/mol. The van der Waals surface area contributed by atoms with Crippen LogP contribution >= 0.6 is 0 Å². The molecule has 0 fully saturated rings. The lowest BCUT2D eigenvalue weighted by atomic mass is 10.1. The topological polar surface area (TPSA) is 20.3 Å². The summed E-state index contributed by atoms with van der Waals surface area (Å²) in [5.74, 6) is 0. The molecule has 0 saturated heterocycles. The maximum absolute atomic E-state index is 12.7. The second-order valence-electron chi connectivity index (χ2n) is 4.32. The summed E-state index contributed by atoms with van der Waals surface area (Å²) in [5, 5.41) is 0.